The van der Waals surface area contributed by atoms with Gasteiger partial charge in [-0.25, -0.2) is 10.8 Å². The Hall–Kier alpha value is -1.26. The number of halogens is 1. The van der Waals surface area contributed by atoms with E-state index < -0.39 is 0 Å². The molecule has 1 aliphatic carbocycles. The molecular weight excluding hydrogens is 260 g/mol. The largest absolute Gasteiger partial charge is 0.341 e. The van der Waals surface area contributed by atoms with Crippen LogP contribution in [-0.4, -0.2) is 23.9 Å². The Morgan fingerprint density at radius 3 is 2.58 bits per heavy atom. The van der Waals surface area contributed by atoms with Crippen LogP contribution in [0.4, 0.5) is 0 Å². The molecule has 0 atom stereocenters. The van der Waals surface area contributed by atoms with Crippen LogP contribution in [-0.2, 0) is 6.54 Å². The average Bonchev–Trinajstić information content (AvgIpc) is 2.91. The molecule has 1 aliphatic rings. The van der Waals surface area contributed by atoms with E-state index in [2.05, 4.69) is 10.4 Å². The number of nitrogens with zero attached hydrogens (tertiary/aromatic N) is 2. The van der Waals surface area contributed by atoms with Crippen molar-refractivity contribution in [1.29, 1.82) is 0 Å². The maximum Gasteiger partial charge on any atom is 0.208 e. The third-order valence-electron chi connectivity index (χ3n) is 3.45. The highest BCUT2D eigenvalue weighted by molar-refractivity contribution is 6.30. The van der Waals surface area contributed by atoms with Gasteiger partial charge in [0.15, 0.2) is 0 Å². The molecule has 0 aliphatic heterocycles. The molecule has 0 radical (unpaired) electrons. The van der Waals surface area contributed by atoms with E-state index in [1.165, 1.54) is 31.2 Å². The lowest BCUT2D eigenvalue weighted by Gasteiger charge is -2.22. The van der Waals surface area contributed by atoms with Gasteiger partial charge in [0.1, 0.15) is 0 Å². The summed E-state index contributed by atoms with van der Waals surface area (Å²) < 4.78 is 0. The van der Waals surface area contributed by atoms with E-state index in [-0.39, 0.29) is 0 Å². The smallest absolute Gasteiger partial charge is 0.208 e. The Balaban J connectivity index is 1.99. The van der Waals surface area contributed by atoms with Crippen LogP contribution in [0.15, 0.2) is 29.3 Å². The van der Waals surface area contributed by atoms with Crippen molar-refractivity contribution in [2.45, 2.75) is 38.3 Å². The lowest BCUT2D eigenvalue weighted by molar-refractivity contribution is 0.471. The SMILES string of the molecule is CN(Cc1ccc(Cl)cc1)C(=NC1CCCC1)NN. The first-order valence-electron chi connectivity index (χ1n) is 6.69. The van der Waals surface area contributed by atoms with Crippen LogP contribution in [0.3, 0.4) is 0 Å². The molecule has 0 unspecified atom stereocenters. The summed E-state index contributed by atoms with van der Waals surface area (Å²) >= 11 is 5.88. The molecule has 1 aromatic rings. The first kappa shape index (κ1) is 14.2. The summed E-state index contributed by atoms with van der Waals surface area (Å²) in [6, 6.07) is 8.24. The number of nitrogens with two attached hydrogens (primary N) is 1. The van der Waals surface area contributed by atoms with Crippen LogP contribution in [0.25, 0.3) is 0 Å². The van der Waals surface area contributed by atoms with Gasteiger partial charge in [0.2, 0.25) is 5.96 Å². The minimum atomic E-state index is 0.415. The lowest BCUT2D eigenvalue weighted by Crippen LogP contribution is -2.43. The molecule has 19 heavy (non-hydrogen) atoms. The Kier molecular flexibility index (Phi) is 5.05. The lowest BCUT2D eigenvalue weighted by atomic mass is 10.2. The van der Waals surface area contributed by atoms with Gasteiger partial charge in [-0.1, -0.05) is 36.6 Å². The summed E-state index contributed by atoms with van der Waals surface area (Å²) in [7, 11) is 1.99. The zero-order chi connectivity index (χ0) is 13.7. The van der Waals surface area contributed by atoms with E-state index >= 15 is 0 Å². The van der Waals surface area contributed by atoms with Gasteiger partial charge in [-0.3, -0.25) is 5.43 Å². The molecule has 0 amide bonds. The fraction of sp³-hybridized carbons (Fsp3) is 0.500. The molecule has 0 aromatic heterocycles. The zero-order valence-electron chi connectivity index (χ0n) is 11.3. The van der Waals surface area contributed by atoms with Gasteiger partial charge in [-0.05, 0) is 30.5 Å². The van der Waals surface area contributed by atoms with E-state index in [9.17, 15) is 0 Å². The van der Waals surface area contributed by atoms with Crippen LogP contribution >= 0.6 is 11.6 Å². The van der Waals surface area contributed by atoms with Crippen molar-refractivity contribution in [3.8, 4) is 0 Å². The number of nitrogens with one attached hydrogen (secondary N) is 1. The highest BCUT2D eigenvalue weighted by Gasteiger charge is 2.16. The fourth-order valence-corrected chi connectivity index (χ4v) is 2.52. The molecule has 4 nitrogen and oxygen atoms in total. The van der Waals surface area contributed by atoms with Crippen molar-refractivity contribution in [3.63, 3.8) is 0 Å². The van der Waals surface area contributed by atoms with Crippen LogP contribution in [0, 0.1) is 0 Å². The van der Waals surface area contributed by atoms with Crippen molar-refractivity contribution in [1.82, 2.24) is 10.3 Å². The van der Waals surface area contributed by atoms with Gasteiger partial charge < -0.3 is 4.90 Å². The Bertz CT molecular complexity index is 424. The number of guanidine groups is 1. The molecule has 104 valence electrons. The van der Waals surface area contributed by atoms with Gasteiger partial charge in [0, 0.05) is 18.6 Å². The Morgan fingerprint density at radius 2 is 2.00 bits per heavy atom. The van der Waals surface area contributed by atoms with Crippen LogP contribution in [0.1, 0.15) is 31.2 Å². The molecule has 0 heterocycles. The monoisotopic (exact) mass is 280 g/mol. The fourth-order valence-electron chi connectivity index (χ4n) is 2.39. The van der Waals surface area contributed by atoms with Crippen LogP contribution < -0.4 is 11.3 Å². The molecular formula is C14H21ClN4. The molecule has 1 saturated carbocycles. The summed E-state index contributed by atoms with van der Waals surface area (Å²) in [5.74, 6) is 6.34. The van der Waals surface area contributed by atoms with Crippen molar-refractivity contribution < 1.29 is 0 Å². The summed E-state index contributed by atoms with van der Waals surface area (Å²) in [5.41, 5.74) is 3.89. The van der Waals surface area contributed by atoms with E-state index in [4.69, 9.17) is 17.4 Å². The van der Waals surface area contributed by atoms with Gasteiger partial charge in [0.25, 0.3) is 0 Å². The molecule has 0 bridgehead atoms. The predicted molar refractivity (Wildman–Crippen MR) is 79.9 cm³/mol. The van der Waals surface area contributed by atoms with Crippen molar-refractivity contribution >= 4 is 17.6 Å². The highest BCUT2D eigenvalue weighted by atomic mass is 35.5. The van der Waals surface area contributed by atoms with Crippen molar-refractivity contribution in [3.05, 3.63) is 34.9 Å². The molecule has 5 heteroatoms. The van der Waals surface area contributed by atoms with E-state index in [1.807, 2.05) is 36.2 Å². The minimum absolute atomic E-state index is 0.415. The number of rotatable bonds is 3. The summed E-state index contributed by atoms with van der Waals surface area (Å²) in [4.78, 5) is 6.72. The third kappa shape index (κ3) is 4.11. The van der Waals surface area contributed by atoms with Crippen molar-refractivity contribution in [2.75, 3.05) is 7.05 Å². The van der Waals surface area contributed by atoms with Gasteiger partial charge >= 0.3 is 0 Å². The van der Waals surface area contributed by atoms with E-state index in [1.54, 1.807) is 0 Å². The van der Waals surface area contributed by atoms with Gasteiger partial charge in [-0.2, -0.15) is 0 Å². The number of hydrogen-bond donors (Lipinski definition) is 2. The summed E-state index contributed by atoms with van der Waals surface area (Å²) in [6.07, 6.45) is 4.87. The topological polar surface area (TPSA) is 53.6 Å². The number of hydrogen-bond acceptors (Lipinski definition) is 2. The molecule has 3 N–H and O–H groups in total. The zero-order valence-corrected chi connectivity index (χ0v) is 12.0. The Morgan fingerprint density at radius 1 is 1.37 bits per heavy atom. The van der Waals surface area contributed by atoms with Crippen LogP contribution in [0.2, 0.25) is 5.02 Å². The molecule has 1 fully saturated rings. The van der Waals surface area contributed by atoms with Gasteiger partial charge in [0.05, 0.1) is 6.04 Å². The molecule has 1 aromatic carbocycles. The second-order valence-electron chi connectivity index (χ2n) is 5.02. The summed E-state index contributed by atoms with van der Waals surface area (Å²) in [5, 5.41) is 0.753. The first-order valence-corrected chi connectivity index (χ1v) is 7.07. The highest BCUT2D eigenvalue weighted by Crippen LogP contribution is 2.21. The third-order valence-corrected chi connectivity index (χ3v) is 3.71. The number of benzene rings is 1. The molecule has 0 spiro atoms. The second-order valence-corrected chi connectivity index (χ2v) is 5.45. The maximum atomic E-state index is 5.88. The van der Waals surface area contributed by atoms with E-state index in [0.29, 0.717) is 6.04 Å². The number of aliphatic imine (C=N–C) groups is 1. The minimum Gasteiger partial charge on any atom is -0.341 e. The quantitative estimate of drug-likeness (QED) is 0.387. The van der Waals surface area contributed by atoms with Crippen LogP contribution in [0.5, 0.6) is 0 Å². The second kappa shape index (κ2) is 6.78. The Labute approximate surface area is 119 Å². The van der Waals surface area contributed by atoms with Crippen molar-refractivity contribution in [2.24, 2.45) is 10.8 Å². The molecule has 2 rings (SSSR count). The molecule has 0 saturated heterocycles. The predicted octanol–water partition coefficient (Wildman–Crippen LogP) is 2.53. The summed E-state index contributed by atoms with van der Waals surface area (Å²) in [6.45, 7) is 0.757. The average molecular weight is 281 g/mol. The van der Waals surface area contributed by atoms with E-state index in [0.717, 1.165) is 17.5 Å². The maximum absolute atomic E-state index is 5.88. The standard InChI is InChI=1S/C14H21ClN4/c1-19(10-11-6-8-12(15)9-7-11)14(18-16)17-13-4-2-3-5-13/h6-9,13H,2-5,10,16H2,1H3,(H,17,18). The van der Waals surface area contributed by atoms with Gasteiger partial charge in [-0.15, -0.1) is 0 Å². The first-order chi connectivity index (χ1) is 9.19. The normalized spacial score (nSPS) is 16.7. The number of hydrazine groups is 1.